The number of aliphatic hydroxyl groups is 3. The summed E-state index contributed by atoms with van der Waals surface area (Å²) in [7, 11) is 0. The molecule has 0 amide bonds. The molecular weight excluding hydrogens is 372 g/mol. The van der Waals surface area contributed by atoms with Gasteiger partial charge in [-0.05, 0) is 12.1 Å². The standard InChI is InChI=1S/C16H16N6O6/c17-13-10-15(20-14(19-13)7-1-3-8(4-2-7)22(26)27)21(6-18-10)16-12(25)11(24)9(5-23)28-16/h1-4,6,9,11-12,16,23-25H,5H2,(H2,17,19,20)/t9-,11-,12-,16-/m1/s1. The number of nitrogen functional groups attached to an aromatic ring is 1. The molecule has 146 valence electrons. The zero-order chi connectivity index (χ0) is 20.0. The van der Waals surface area contributed by atoms with E-state index >= 15 is 0 Å². The van der Waals surface area contributed by atoms with Gasteiger partial charge in [0.15, 0.2) is 23.5 Å². The van der Waals surface area contributed by atoms with Crippen molar-refractivity contribution in [2.75, 3.05) is 12.3 Å². The number of benzene rings is 1. The van der Waals surface area contributed by atoms with E-state index in [4.69, 9.17) is 10.5 Å². The molecule has 12 nitrogen and oxygen atoms in total. The summed E-state index contributed by atoms with van der Waals surface area (Å²) in [5.41, 5.74) is 6.90. The minimum atomic E-state index is -1.31. The molecule has 1 aliphatic rings. The van der Waals surface area contributed by atoms with Gasteiger partial charge in [-0.1, -0.05) is 0 Å². The van der Waals surface area contributed by atoms with E-state index in [1.54, 1.807) is 0 Å². The van der Waals surface area contributed by atoms with Gasteiger partial charge in [-0.2, -0.15) is 0 Å². The van der Waals surface area contributed by atoms with Crippen molar-refractivity contribution in [1.82, 2.24) is 19.5 Å². The Kier molecular flexibility index (Phi) is 4.39. The molecule has 4 atom stereocenters. The summed E-state index contributed by atoms with van der Waals surface area (Å²) in [5, 5.41) is 40.3. The van der Waals surface area contributed by atoms with Crippen molar-refractivity contribution in [2.24, 2.45) is 0 Å². The maximum atomic E-state index is 10.8. The lowest BCUT2D eigenvalue weighted by Gasteiger charge is -2.16. The first-order chi connectivity index (χ1) is 13.4. The van der Waals surface area contributed by atoms with Gasteiger partial charge in [-0.3, -0.25) is 14.7 Å². The highest BCUT2D eigenvalue weighted by atomic mass is 16.6. The molecule has 5 N–H and O–H groups in total. The normalized spacial score (nSPS) is 24.7. The van der Waals surface area contributed by atoms with E-state index in [-0.39, 0.29) is 28.5 Å². The van der Waals surface area contributed by atoms with Crippen LogP contribution in [0.5, 0.6) is 0 Å². The van der Waals surface area contributed by atoms with Crippen LogP contribution in [0.25, 0.3) is 22.6 Å². The third-order valence-corrected chi connectivity index (χ3v) is 4.58. The predicted octanol–water partition coefficient (Wildman–Crippen LogP) is -0.405. The highest BCUT2D eigenvalue weighted by Gasteiger charge is 2.44. The molecule has 0 aliphatic carbocycles. The van der Waals surface area contributed by atoms with E-state index in [1.165, 1.54) is 35.2 Å². The van der Waals surface area contributed by atoms with E-state index < -0.39 is 36.1 Å². The smallest absolute Gasteiger partial charge is 0.269 e. The Bertz CT molecular complexity index is 1040. The molecule has 28 heavy (non-hydrogen) atoms. The van der Waals surface area contributed by atoms with Crippen molar-refractivity contribution in [3.8, 4) is 11.4 Å². The van der Waals surface area contributed by atoms with Crippen LogP contribution in [0, 0.1) is 10.1 Å². The number of nitrogens with zero attached hydrogens (tertiary/aromatic N) is 5. The van der Waals surface area contributed by atoms with Gasteiger partial charge in [0.2, 0.25) is 0 Å². The first kappa shape index (κ1) is 18.2. The Balaban J connectivity index is 1.78. The second-order valence-electron chi connectivity index (χ2n) is 6.29. The summed E-state index contributed by atoms with van der Waals surface area (Å²) in [6.45, 7) is -0.466. The maximum absolute atomic E-state index is 10.8. The van der Waals surface area contributed by atoms with Gasteiger partial charge in [0.1, 0.15) is 23.8 Å². The molecular formula is C16H16N6O6. The molecule has 3 aromatic rings. The van der Waals surface area contributed by atoms with Crippen molar-refractivity contribution in [1.29, 1.82) is 0 Å². The minimum Gasteiger partial charge on any atom is -0.394 e. The van der Waals surface area contributed by atoms with Crippen molar-refractivity contribution >= 4 is 22.7 Å². The lowest BCUT2D eigenvalue weighted by atomic mass is 10.1. The van der Waals surface area contributed by atoms with Gasteiger partial charge in [0.05, 0.1) is 17.9 Å². The van der Waals surface area contributed by atoms with Crippen LogP contribution in [0.2, 0.25) is 0 Å². The van der Waals surface area contributed by atoms with Crippen LogP contribution in [0.4, 0.5) is 11.5 Å². The van der Waals surface area contributed by atoms with Crippen molar-refractivity contribution in [2.45, 2.75) is 24.5 Å². The second kappa shape index (κ2) is 6.76. The molecule has 0 bridgehead atoms. The third-order valence-electron chi connectivity index (χ3n) is 4.58. The Morgan fingerprint density at radius 2 is 1.93 bits per heavy atom. The van der Waals surface area contributed by atoms with Gasteiger partial charge in [0.25, 0.3) is 5.69 Å². The largest absolute Gasteiger partial charge is 0.394 e. The van der Waals surface area contributed by atoms with Crippen LogP contribution in [0.15, 0.2) is 30.6 Å². The molecule has 0 saturated carbocycles. The molecule has 1 aliphatic heterocycles. The fourth-order valence-corrected chi connectivity index (χ4v) is 3.10. The van der Waals surface area contributed by atoms with Crippen LogP contribution in [-0.2, 0) is 4.74 Å². The Labute approximate surface area is 157 Å². The van der Waals surface area contributed by atoms with E-state index in [2.05, 4.69) is 15.0 Å². The number of nitro benzene ring substituents is 1. The summed E-state index contributed by atoms with van der Waals surface area (Å²) in [5.74, 6) is 0.275. The lowest BCUT2D eigenvalue weighted by molar-refractivity contribution is -0.384. The second-order valence-corrected chi connectivity index (χ2v) is 6.29. The number of hydrogen-bond donors (Lipinski definition) is 4. The summed E-state index contributed by atoms with van der Waals surface area (Å²) in [4.78, 5) is 23.0. The average molecular weight is 388 g/mol. The van der Waals surface area contributed by atoms with E-state index in [9.17, 15) is 25.4 Å². The zero-order valence-electron chi connectivity index (χ0n) is 14.3. The first-order valence-electron chi connectivity index (χ1n) is 8.28. The number of nitrogens with two attached hydrogens (primary N) is 1. The zero-order valence-corrected chi connectivity index (χ0v) is 14.3. The van der Waals surface area contributed by atoms with Crippen LogP contribution < -0.4 is 5.73 Å². The van der Waals surface area contributed by atoms with Gasteiger partial charge < -0.3 is 25.8 Å². The van der Waals surface area contributed by atoms with E-state index in [0.717, 1.165) is 0 Å². The fraction of sp³-hybridized carbons (Fsp3) is 0.312. The van der Waals surface area contributed by atoms with Gasteiger partial charge in [-0.25, -0.2) is 15.0 Å². The topological polar surface area (TPSA) is 183 Å². The number of aromatic nitrogens is 4. The maximum Gasteiger partial charge on any atom is 0.269 e. The predicted molar refractivity (Wildman–Crippen MR) is 94.8 cm³/mol. The molecule has 0 unspecified atom stereocenters. The Morgan fingerprint density at radius 1 is 1.21 bits per heavy atom. The van der Waals surface area contributed by atoms with Crippen LogP contribution in [0.3, 0.4) is 0 Å². The molecule has 4 rings (SSSR count). The number of nitro groups is 1. The minimum absolute atomic E-state index is 0.0730. The Hall–Kier alpha value is -3.19. The summed E-state index contributed by atoms with van der Waals surface area (Å²) in [6, 6.07) is 5.63. The summed E-state index contributed by atoms with van der Waals surface area (Å²) >= 11 is 0. The van der Waals surface area contributed by atoms with Gasteiger partial charge in [-0.15, -0.1) is 0 Å². The SMILES string of the molecule is Nc1nc(-c2ccc([N+](=O)[O-])cc2)nc2c1ncn2[C@@H]1O[C@H](CO)[C@@H](O)[C@H]1O. The Morgan fingerprint density at radius 3 is 2.54 bits per heavy atom. The third kappa shape index (κ3) is 2.84. The number of non-ortho nitro benzene ring substituents is 1. The van der Waals surface area contributed by atoms with Crippen LogP contribution in [-0.4, -0.2) is 64.7 Å². The molecule has 3 heterocycles. The van der Waals surface area contributed by atoms with E-state index in [1.807, 2.05) is 0 Å². The number of hydrogen-bond acceptors (Lipinski definition) is 10. The van der Waals surface area contributed by atoms with Crippen molar-refractivity contribution in [3.05, 3.63) is 40.7 Å². The number of imidazole rings is 1. The molecule has 0 spiro atoms. The monoisotopic (exact) mass is 388 g/mol. The number of fused-ring (bicyclic) bond motifs is 1. The number of rotatable bonds is 4. The first-order valence-corrected chi connectivity index (χ1v) is 8.28. The number of anilines is 1. The van der Waals surface area contributed by atoms with Crippen molar-refractivity contribution < 1.29 is 25.0 Å². The lowest BCUT2D eigenvalue weighted by Crippen LogP contribution is -2.33. The molecule has 0 radical (unpaired) electrons. The molecule has 1 fully saturated rings. The summed E-state index contributed by atoms with van der Waals surface area (Å²) < 4.78 is 6.91. The number of aliphatic hydroxyl groups excluding tert-OH is 3. The molecule has 1 aromatic carbocycles. The molecule has 2 aromatic heterocycles. The van der Waals surface area contributed by atoms with Crippen LogP contribution in [0.1, 0.15) is 6.23 Å². The molecule has 12 heteroatoms. The quantitative estimate of drug-likeness (QED) is 0.339. The number of ether oxygens (including phenoxy) is 1. The van der Waals surface area contributed by atoms with Gasteiger partial charge >= 0.3 is 0 Å². The van der Waals surface area contributed by atoms with Gasteiger partial charge in [0, 0.05) is 17.7 Å². The molecule has 1 saturated heterocycles. The fourth-order valence-electron chi connectivity index (χ4n) is 3.10. The van der Waals surface area contributed by atoms with E-state index in [0.29, 0.717) is 5.56 Å². The summed E-state index contributed by atoms with van der Waals surface area (Å²) in [6.07, 6.45) is -3.23. The highest BCUT2D eigenvalue weighted by molar-refractivity contribution is 5.84. The van der Waals surface area contributed by atoms with Crippen LogP contribution >= 0.6 is 0 Å². The average Bonchev–Trinajstić information content (AvgIpc) is 3.23. The highest BCUT2D eigenvalue weighted by Crippen LogP contribution is 2.32. The van der Waals surface area contributed by atoms with Crippen molar-refractivity contribution in [3.63, 3.8) is 0 Å².